The average Bonchev–Trinajstić information content (AvgIpc) is 2.05. The van der Waals surface area contributed by atoms with Crippen molar-refractivity contribution >= 4 is 23.0 Å². The van der Waals surface area contributed by atoms with Crippen molar-refractivity contribution in [2.45, 2.75) is 4.73 Å². The Kier molecular flexibility index (Phi) is 3.11. The van der Waals surface area contributed by atoms with E-state index >= 15 is 0 Å². The molecule has 0 saturated heterocycles. The second kappa shape index (κ2) is 3.90. The van der Waals surface area contributed by atoms with Gasteiger partial charge in [-0.15, -0.1) is 0 Å². The molecule has 11 heavy (non-hydrogen) atoms. The Labute approximate surface area is 74.1 Å². The maximum absolute atomic E-state index is 8.78. The summed E-state index contributed by atoms with van der Waals surface area (Å²) in [5.74, 6) is 0. The lowest BCUT2D eigenvalue weighted by atomic mass is 9.82. The van der Waals surface area contributed by atoms with Gasteiger partial charge in [0.25, 0.3) is 0 Å². The van der Waals surface area contributed by atoms with E-state index in [0.717, 1.165) is 5.56 Å². The van der Waals surface area contributed by atoms with Crippen LogP contribution in [0.3, 0.4) is 0 Å². The van der Waals surface area contributed by atoms with E-state index in [1.54, 1.807) is 0 Å². The highest BCUT2D eigenvalue weighted by Gasteiger charge is 2.21. The first-order valence-corrected chi connectivity index (χ1v) is 4.18. The van der Waals surface area contributed by atoms with Gasteiger partial charge in [0.1, 0.15) is 0 Å². The molecule has 0 spiro atoms. The van der Waals surface area contributed by atoms with Gasteiger partial charge >= 0.3 is 7.12 Å². The molecule has 0 aromatic heterocycles. The van der Waals surface area contributed by atoms with Crippen LogP contribution in [0.4, 0.5) is 0 Å². The Hall–Kier alpha value is -0.315. The topological polar surface area (TPSA) is 40.5 Å². The minimum Gasteiger partial charge on any atom is -0.426 e. The van der Waals surface area contributed by atoms with Gasteiger partial charge in [-0.1, -0.05) is 46.3 Å². The summed E-state index contributed by atoms with van der Waals surface area (Å²) in [6.45, 7) is 0. The van der Waals surface area contributed by atoms with Gasteiger partial charge in [0.2, 0.25) is 0 Å². The molecule has 1 rings (SSSR count). The third kappa shape index (κ3) is 2.32. The van der Waals surface area contributed by atoms with Crippen molar-refractivity contribution in [3.05, 3.63) is 35.9 Å². The smallest absolute Gasteiger partial charge is 0.426 e. The molecule has 58 valence electrons. The zero-order valence-corrected chi connectivity index (χ0v) is 7.40. The van der Waals surface area contributed by atoms with Gasteiger partial charge in [0, 0.05) is 0 Å². The molecule has 0 radical (unpaired) electrons. The van der Waals surface area contributed by atoms with Crippen molar-refractivity contribution in [3.8, 4) is 0 Å². The molecule has 0 fully saturated rings. The maximum atomic E-state index is 8.78. The normalized spacial score (nSPS) is 12.6. The number of hydrogen-bond donors (Lipinski definition) is 2. The highest BCUT2D eigenvalue weighted by Crippen LogP contribution is 2.22. The molecule has 1 unspecified atom stereocenters. The Morgan fingerprint density at radius 3 is 2.18 bits per heavy atom. The third-order valence-electron chi connectivity index (χ3n) is 1.38. The van der Waals surface area contributed by atoms with Crippen LogP contribution in [0, 0.1) is 0 Å². The predicted octanol–water partition coefficient (Wildman–Crippen LogP) is 1.13. The molecule has 4 heteroatoms. The van der Waals surface area contributed by atoms with Gasteiger partial charge in [-0.05, 0) is 5.56 Å². The minimum absolute atomic E-state index is 0.399. The van der Waals surface area contributed by atoms with E-state index < -0.39 is 11.8 Å². The van der Waals surface area contributed by atoms with Crippen LogP contribution in [0.25, 0.3) is 0 Å². The SMILES string of the molecule is OB(O)C(Br)c1ccccc1. The van der Waals surface area contributed by atoms with Gasteiger partial charge in [-0.3, -0.25) is 0 Å². The molecule has 0 heterocycles. The second-order valence-electron chi connectivity index (χ2n) is 2.23. The first kappa shape index (κ1) is 8.78. The van der Waals surface area contributed by atoms with Crippen LogP contribution in [0.1, 0.15) is 10.3 Å². The molecule has 0 aliphatic carbocycles. The lowest BCUT2D eigenvalue weighted by molar-refractivity contribution is 0.404. The minimum atomic E-state index is -1.35. The van der Waals surface area contributed by atoms with Crippen LogP contribution in [0.2, 0.25) is 0 Å². The Bertz CT molecular complexity index is 215. The third-order valence-corrected chi connectivity index (χ3v) is 2.38. The molecular weight excluding hydrogens is 207 g/mol. The molecule has 0 amide bonds. The average molecular weight is 215 g/mol. The summed E-state index contributed by atoms with van der Waals surface area (Å²) >= 11 is 3.15. The van der Waals surface area contributed by atoms with Crippen LogP contribution in [0.5, 0.6) is 0 Å². The zero-order chi connectivity index (χ0) is 8.27. The van der Waals surface area contributed by atoms with Gasteiger partial charge < -0.3 is 10.0 Å². The molecule has 1 atom stereocenters. The summed E-state index contributed by atoms with van der Waals surface area (Å²) in [6, 6.07) is 9.25. The van der Waals surface area contributed by atoms with E-state index in [1.807, 2.05) is 30.3 Å². The van der Waals surface area contributed by atoms with Crippen molar-refractivity contribution in [3.63, 3.8) is 0 Å². The summed E-state index contributed by atoms with van der Waals surface area (Å²) in [7, 11) is -1.35. The lowest BCUT2D eigenvalue weighted by Gasteiger charge is -2.06. The van der Waals surface area contributed by atoms with E-state index in [9.17, 15) is 0 Å². The summed E-state index contributed by atoms with van der Waals surface area (Å²) in [5, 5.41) is 17.6. The van der Waals surface area contributed by atoms with E-state index in [0.29, 0.717) is 0 Å². The highest BCUT2D eigenvalue weighted by molar-refractivity contribution is 9.09. The van der Waals surface area contributed by atoms with Crippen molar-refractivity contribution in [1.29, 1.82) is 0 Å². The monoisotopic (exact) mass is 214 g/mol. The van der Waals surface area contributed by atoms with Crippen molar-refractivity contribution in [2.75, 3.05) is 0 Å². The quantitative estimate of drug-likeness (QED) is 0.573. The summed E-state index contributed by atoms with van der Waals surface area (Å²) in [4.78, 5) is 0. The molecule has 0 aliphatic rings. The number of hydrogen-bond acceptors (Lipinski definition) is 2. The molecule has 0 saturated carbocycles. The van der Waals surface area contributed by atoms with E-state index in [2.05, 4.69) is 15.9 Å². The molecule has 0 aliphatic heterocycles. The van der Waals surface area contributed by atoms with Crippen molar-refractivity contribution < 1.29 is 10.0 Å². The fourth-order valence-electron chi connectivity index (χ4n) is 0.809. The maximum Gasteiger partial charge on any atom is 0.470 e. The van der Waals surface area contributed by atoms with E-state index in [-0.39, 0.29) is 0 Å². The zero-order valence-electron chi connectivity index (χ0n) is 5.81. The summed E-state index contributed by atoms with van der Waals surface area (Å²) in [5.41, 5.74) is 0.863. The van der Waals surface area contributed by atoms with Crippen molar-refractivity contribution in [2.24, 2.45) is 0 Å². The van der Waals surface area contributed by atoms with Crippen LogP contribution >= 0.6 is 15.9 Å². The molecular formula is C7H8BBrO2. The fraction of sp³-hybridized carbons (Fsp3) is 0.143. The summed E-state index contributed by atoms with van der Waals surface area (Å²) in [6.07, 6.45) is 0. The standard InChI is InChI=1S/C7H8BBrO2/c9-7(8(10)11)6-4-2-1-3-5-6/h1-5,7,10-11H. The molecule has 0 bridgehead atoms. The lowest BCUT2D eigenvalue weighted by Crippen LogP contribution is -2.18. The number of rotatable bonds is 2. The largest absolute Gasteiger partial charge is 0.470 e. The number of benzene rings is 1. The van der Waals surface area contributed by atoms with Gasteiger partial charge in [0.05, 0.1) is 4.73 Å². The molecule has 2 nitrogen and oxygen atoms in total. The van der Waals surface area contributed by atoms with E-state index in [1.165, 1.54) is 0 Å². The predicted molar refractivity (Wildman–Crippen MR) is 48.3 cm³/mol. The molecule has 2 N–H and O–H groups in total. The van der Waals surface area contributed by atoms with Crippen molar-refractivity contribution in [1.82, 2.24) is 0 Å². The first-order chi connectivity index (χ1) is 5.22. The van der Waals surface area contributed by atoms with E-state index in [4.69, 9.17) is 10.0 Å². The van der Waals surface area contributed by atoms with Gasteiger partial charge in [-0.25, -0.2) is 0 Å². The first-order valence-electron chi connectivity index (χ1n) is 3.27. The highest BCUT2D eigenvalue weighted by atomic mass is 79.9. The van der Waals surface area contributed by atoms with Crippen LogP contribution in [-0.4, -0.2) is 17.2 Å². The Balaban J connectivity index is 2.77. The summed E-state index contributed by atoms with van der Waals surface area (Å²) < 4.78 is -0.399. The number of alkyl halides is 1. The Morgan fingerprint density at radius 1 is 1.18 bits per heavy atom. The van der Waals surface area contributed by atoms with Gasteiger partial charge in [-0.2, -0.15) is 0 Å². The van der Waals surface area contributed by atoms with Gasteiger partial charge in [0.15, 0.2) is 0 Å². The Morgan fingerprint density at radius 2 is 1.73 bits per heavy atom. The van der Waals surface area contributed by atoms with Crippen LogP contribution < -0.4 is 0 Å². The van der Waals surface area contributed by atoms with Crippen LogP contribution in [-0.2, 0) is 0 Å². The molecule has 1 aromatic rings. The number of halogens is 1. The van der Waals surface area contributed by atoms with Crippen LogP contribution in [0.15, 0.2) is 30.3 Å². The molecule has 1 aromatic carbocycles. The second-order valence-corrected chi connectivity index (χ2v) is 3.21. The fourth-order valence-corrected chi connectivity index (χ4v) is 1.11.